The summed E-state index contributed by atoms with van der Waals surface area (Å²) in [5, 5.41) is 0. The lowest BCUT2D eigenvalue weighted by Gasteiger charge is -2.13. The van der Waals surface area contributed by atoms with Crippen LogP contribution in [0, 0.1) is 0 Å². The number of nitrogen functional groups attached to an aromatic ring is 4. The van der Waals surface area contributed by atoms with E-state index in [2.05, 4.69) is 48.5 Å². The lowest BCUT2D eigenvalue weighted by Crippen LogP contribution is -1.97. The minimum Gasteiger partial charge on any atom is -0.399 e. The third-order valence-electron chi connectivity index (χ3n) is 5.84. The second-order valence-corrected chi connectivity index (χ2v) is 8.28. The second kappa shape index (κ2) is 12.2. The van der Waals surface area contributed by atoms with Gasteiger partial charge in [-0.2, -0.15) is 0 Å². The normalized spacial score (nSPS) is 10.2. The van der Waals surface area contributed by atoms with E-state index in [0.29, 0.717) is 0 Å². The zero-order chi connectivity index (χ0) is 22.5. The predicted molar refractivity (Wildman–Crippen MR) is 153 cm³/mol. The van der Waals surface area contributed by atoms with Crippen molar-refractivity contribution in [1.82, 2.24) is 0 Å². The smallest absolute Gasteiger partial charge is 0.0317 e. The molecule has 0 saturated carbocycles. The van der Waals surface area contributed by atoms with Crippen molar-refractivity contribution in [2.75, 3.05) is 22.9 Å². The first kappa shape index (κ1) is 26.9. The molecular formula is C28H32Cl2N4. The molecule has 0 aliphatic rings. The van der Waals surface area contributed by atoms with Gasteiger partial charge in [0.15, 0.2) is 0 Å². The van der Waals surface area contributed by atoms with E-state index in [9.17, 15) is 0 Å². The summed E-state index contributed by atoms with van der Waals surface area (Å²) in [7, 11) is 0. The number of anilines is 4. The van der Waals surface area contributed by atoms with Gasteiger partial charge in [0.25, 0.3) is 0 Å². The minimum atomic E-state index is 0. The van der Waals surface area contributed by atoms with Crippen LogP contribution < -0.4 is 22.9 Å². The molecule has 0 spiro atoms. The number of nitrogens with two attached hydrogens (primary N) is 4. The van der Waals surface area contributed by atoms with Crippen LogP contribution in [0.4, 0.5) is 22.7 Å². The van der Waals surface area contributed by atoms with E-state index in [1.807, 2.05) is 36.4 Å². The fraction of sp³-hybridized carbons (Fsp3) is 0.143. The van der Waals surface area contributed by atoms with Crippen LogP contribution >= 0.6 is 24.8 Å². The largest absolute Gasteiger partial charge is 0.399 e. The zero-order valence-corrected chi connectivity index (χ0v) is 20.7. The van der Waals surface area contributed by atoms with E-state index in [0.717, 1.165) is 59.6 Å². The van der Waals surface area contributed by atoms with Gasteiger partial charge in [-0.1, -0.05) is 36.4 Å². The van der Waals surface area contributed by atoms with Crippen LogP contribution in [-0.4, -0.2) is 0 Å². The average molecular weight is 495 g/mol. The molecule has 34 heavy (non-hydrogen) atoms. The van der Waals surface area contributed by atoms with Crippen molar-refractivity contribution >= 4 is 47.6 Å². The number of halogens is 2. The van der Waals surface area contributed by atoms with Gasteiger partial charge in [0.1, 0.15) is 0 Å². The average Bonchev–Trinajstić information content (AvgIpc) is 2.78. The molecule has 178 valence electrons. The van der Waals surface area contributed by atoms with Crippen LogP contribution in [0.5, 0.6) is 0 Å². The van der Waals surface area contributed by atoms with Crippen LogP contribution in [0.2, 0.25) is 0 Å². The Bertz CT molecular complexity index is 1110. The quantitative estimate of drug-likeness (QED) is 0.168. The van der Waals surface area contributed by atoms with Crippen molar-refractivity contribution in [3.05, 3.63) is 96.1 Å². The van der Waals surface area contributed by atoms with Gasteiger partial charge in [0, 0.05) is 22.7 Å². The maximum absolute atomic E-state index is 6.09. The number of benzene rings is 4. The van der Waals surface area contributed by atoms with Gasteiger partial charge in [0.05, 0.1) is 0 Å². The first-order chi connectivity index (χ1) is 15.5. The Labute approximate surface area is 214 Å². The topological polar surface area (TPSA) is 104 Å². The number of aryl methyl sites for hydroxylation is 2. The minimum absolute atomic E-state index is 0. The Morgan fingerprint density at radius 1 is 0.412 bits per heavy atom. The van der Waals surface area contributed by atoms with Gasteiger partial charge in [-0.15, -0.1) is 24.8 Å². The number of rotatable bonds is 7. The standard InChI is InChI=1S/C28H30N4.2ClH/c29-23-9-5-19(6-10-23)27-15-13-25(31)17-21(27)3-1-2-4-22-18-26(32)14-16-28(22)20-7-11-24(30)12-8-20;;/h5-18H,1-4,29-32H2;2*1H. The summed E-state index contributed by atoms with van der Waals surface area (Å²) in [6, 6.07) is 28.3. The molecule has 0 atom stereocenters. The fourth-order valence-electron chi connectivity index (χ4n) is 4.16. The molecule has 0 heterocycles. The maximum atomic E-state index is 6.09. The molecule has 0 fully saturated rings. The number of hydrogen-bond acceptors (Lipinski definition) is 4. The van der Waals surface area contributed by atoms with Crippen molar-refractivity contribution in [3.63, 3.8) is 0 Å². The van der Waals surface area contributed by atoms with Gasteiger partial charge >= 0.3 is 0 Å². The highest BCUT2D eigenvalue weighted by atomic mass is 35.5. The molecule has 0 saturated heterocycles. The molecule has 0 bridgehead atoms. The highest BCUT2D eigenvalue weighted by molar-refractivity contribution is 5.85. The lowest BCUT2D eigenvalue weighted by molar-refractivity contribution is 0.736. The first-order valence-electron chi connectivity index (χ1n) is 11.0. The third-order valence-corrected chi connectivity index (χ3v) is 5.84. The molecule has 6 heteroatoms. The predicted octanol–water partition coefficient (Wildman–Crippen LogP) is 6.76. The van der Waals surface area contributed by atoms with Gasteiger partial charge < -0.3 is 22.9 Å². The first-order valence-corrected chi connectivity index (χ1v) is 11.0. The van der Waals surface area contributed by atoms with E-state index in [-0.39, 0.29) is 24.8 Å². The summed E-state index contributed by atoms with van der Waals surface area (Å²) in [5.41, 5.74) is 34.3. The summed E-state index contributed by atoms with van der Waals surface area (Å²) >= 11 is 0. The summed E-state index contributed by atoms with van der Waals surface area (Å²) in [6.45, 7) is 0. The van der Waals surface area contributed by atoms with Crippen molar-refractivity contribution < 1.29 is 0 Å². The molecule has 8 N–H and O–H groups in total. The summed E-state index contributed by atoms with van der Waals surface area (Å²) in [6.07, 6.45) is 4.04. The monoisotopic (exact) mass is 494 g/mol. The molecule has 4 nitrogen and oxygen atoms in total. The molecule has 0 amide bonds. The molecule has 0 unspecified atom stereocenters. The van der Waals surface area contributed by atoms with E-state index < -0.39 is 0 Å². The van der Waals surface area contributed by atoms with Crippen molar-refractivity contribution in [2.24, 2.45) is 0 Å². The number of unbranched alkanes of at least 4 members (excludes halogenated alkanes) is 1. The van der Waals surface area contributed by atoms with Crippen molar-refractivity contribution in [1.29, 1.82) is 0 Å². The van der Waals surface area contributed by atoms with E-state index >= 15 is 0 Å². The summed E-state index contributed by atoms with van der Waals surface area (Å²) in [5.74, 6) is 0. The second-order valence-electron chi connectivity index (χ2n) is 8.28. The van der Waals surface area contributed by atoms with Gasteiger partial charge in [-0.3, -0.25) is 0 Å². The van der Waals surface area contributed by atoms with Crippen LogP contribution in [-0.2, 0) is 12.8 Å². The van der Waals surface area contributed by atoms with E-state index in [1.165, 1.54) is 22.3 Å². The van der Waals surface area contributed by atoms with Crippen molar-refractivity contribution in [3.8, 4) is 22.3 Å². The number of hydrogen-bond donors (Lipinski definition) is 4. The SMILES string of the molecule is Cl.Cl.Nc1ccc(-c2ccc(N)cc2CCCCc2cc(N)ccc2-c2ccc(N)cc2)cc1. The molecular weight excluding hydrogens is 463 g/mol. The fourth-order valence-corrected chi connectivity index (χ4v) is 4.16. The maximum Gasteiger partial charge on any atom is 0.0317 e. The molecule has 4 aromatic rings. The van der Waals surface area contributed by atoms with Crippen LogP contribution in [0.25, 0.3) is 22.3 Å². The van der Waals surface area contributed by atoms with E-state index in [4.69, 9.17) is 22.9 Å². The molecule has 4 rings (SSSR count). The molecule has 0 radical (unpaired) electrons. The Kier molecular flexibility index (Phi) is 9.67. The zero-order valence-electron chi connectivity index (χ0n) is 19.0. The Morgan fingerprint density at radius 3 is 1.09 bits per heavy atom. The molecule has 0 aromatic heterocycles. The molecule has 0 aliphatic carbocycles. The Hall–Kier alpha value is -3.34. The summed E-state index contributed by atoms with van der Waals surface area (Å²) in [4.78, 5) is 0. The third kappa shape index (κ3) is 6.60. The van der Waals surface area contributed by atoms with Crippen LogP contribution in [0.1, 0.15) is 24.0 Å². The van der Waals surface area contributed by atoms with Gasteiger partial charge in [0.2, 0.25) is 0 Å². The van der Waals surface area contributed by atoms with E-state index in [1.54, 1.807) is 0 Å². The van der Waals surface area contributed by atoms with Crippen LogP contribution in [0.3, 0.4) is 0 Å². The lowest BCUT2D eigenvalue weighted by atomic mass is 9.92. The van der Waals surface area contributed by atoms with Crippen molar-refractivity contribution in [2.45, 2.75) is 25.7 Å². The molecule has 0 aliphatic heterocycles. The highest BCUT2D eigenvalue weighted by Gasteiger charge is 2.09. The molecule has 4 aromatic carbocycles. The Balaban J connectivity index is 0.00000204. The van der Waals surface area contributed by atoms with Gasteiger partial charge in [-0.05, 0) is 108 Å². The highest BCUT2D eigenvalue weighted by Crippen LogP contribution is 2.30. The summed E-state index contributed by atoms with van der Waals surface area (Å²) < 4.78 is 0. The van der Waals surface area contributed by atoms with Gasteiger partial charge in [-0.25, -0.2) is 0 Å². The van der Waals surface area contributed by atoms with Crippen LogP contribution in [0.15, 0.2) is 84.9 Å². The Morgan fingerprint density at radius 2 is 0.735 bits per heavy atom.